The molecule has 0 amide bonds. The minimum absolute atomic E-state index is 0.351. The smallest absolute Gasteiger partial charge is 0.0992 e. The summed E-state index contributed by atoms with van der Waals surface area (Å²) >= 11 is 0. The lowest BCUT2D eigenvalue weighted by molar-refractivity contribution is 0.0810. The van der Waals surface area contributed by atoms with Gasteiger partial charge in [0, 0.05) is 11.8 Å². The summed E-state index contributed by atoms with van der Waals surface area (Å²) in [5.74, 6) is 1.63. The van der Waals surface area contributed by atoms with E-state index >= 15 is 0 Å². The highest BCUT2D eigenvalue weighted by molar-refractivity contribution is 5.59. The third-order valence-electron chi connectivity index (χ3n) is 6.83. The average Bonchev–Trinajstić information content (AvgIpc) is 3.44. The van der Waals surface area contributed by atoms with Crippen molar-refractivity contribution in [3.63, 3.8) is 0 Å². The monoisotopic (exact) mass is 360 g/mol. The van der Waals surface area contributed by atoms with Gasteiger partial charge in [-0.2, -0.15) is 0 Å². The van der Waals surface area contributed by atoms with Gasteiger partial charge in [-0.05, 0) is 86.0 Å². The maximum Gasteiger partial charge on any atom is 0.0992 e. The molecule has 0 unspecified atom stereocenters. The zero-order valence-electron chi connectivity index (χ0n) is 16.0. The summed E-state index contributed by atoms with van der Waals surface area (Å²) < 4.78 is 2.06. The summed E-state index contributed by atoms with van der Waals surface area (Å²) in [6.45, 7) is 2.22. The number of rotatable bonds is 4. The zero-order chi connectivity index (χ0) is 18.4. The summed E-state index contributed by atoms with van der Waals surface area (Å²) in [4.78, 5) is 4.32. The van der Waals surface area contributed by atoms with Gasteiger partial charge in [0.05, 0.1) is 24.1 Å². The molecule has 2 saturated carbocycles. The lowest BCUT2D eigenvalue weighted by Gasteiger charge is -2.33. The molecule has 0 bridgehead atoms. The molecule has 2 aliphatic rings. The first kappa shape index (κ1) is 17.0. The SMILES string of the molecule is Cc1ccccc1C1CCC([C@@H](O)c2c(C3CC3)ccn3cncc23)CC1. The van der Waals surface area contributed by atoms with E-state index in [9.17, 15) is 5.11 Å². The van der Waals surface area contributed by atoms with Crippen LogP contribution in [0.1, 0.15) is 78.7 Å². The van der Waals surface area contributed by atoms with Gasteiger partial charge >= 0.3 is 0 Å². The van der Waals surface area contributed by atoms with Crippen molar-refractivity contribution >= 4 is 5.52 Å². The zero-order valence-corrected chi connectivity index (χ0v) is 16.0. The minimum Gasteiger partial charge on any atom is -0.388 e. The Labute approximate surface area is 161 Å². The maximum atomic E-state index is 11.4. The summed E-state index contributed by atoms with van der Waals surface area (Å²) in [7, 11) is 0. The molecule has 5 rings (SSSR count). The molecular formula is C24H28N2O. The summed E-state index contributed by atoms with van der Waals surface area (Å²) in [6.07, 6.45) is 12.5. The second-order valence-electron chi connectivity index (χ2n) is 8.56. The molecule has 2 heterocycles. The molecule has 1 N–H and O–H groups in total. The van der Waals surface area contributed by atoms with Crippen molar-refractivity contribution < 1.29 is 5.11 Å². The van der Waals surface area contributed by atoms with Crippen LogP contribution < -0.4 is 0 Å². The van der Waals surface area contributed by atoms with E-state index in [-0.39, 0.29) is 6.10 Å². The second kappa shape index (κ2) is 6.79. The highest BCUT2D eigenvalue weighted by Crippen LogP contribution is 2.48. The Morgan fingerprint density at radius 2 is 1.67 bits per heavy atom. The number of imidazole rings is 1. The van der Waals surface area contributed by atoms with Crippen molar-refractivity contribution in [1.82, 2.24) is 9.38 Å². The van der Waals surface area contributed by atoms with Crippen molar-refractivity contribution in [2.45, 2.75) is 63.4 Å². The summed E-state index contributed by atoms with van der Waals surface area (Å²) in [5, 5.41) is 11.4. The number of nitrogens with zero attached hydrogens (tertiary/aromatic N) is 2. The molecule has 3 nitrogen and oxygen atoms in total. The number of hydrogen-bond acceptors (Lipinski definition) is 2. The largest absolute Gasteiger partial charge is 0.388 e. The van der Waals surface area contributed by atoms with Crippen LogP contribution in [-0.4, -0.2) is 14.5 Å². The summed E-state index contributed by atoms with van der Waals surface area (Å²) in [6, 6.07) is 11.0. The molecule has 2 aromatic heterocycles. The highest BCUT2D eigenvalue weighted by atomic mass is 16.3. The third kappa shape index (κ3) is 3.08. The van der Waals surface area contributed by atoms with E-state index in [1.165, 1.54) is 42.4 Å². The molecule has 0 aliphatic heterocycles. The fraction of sp³-hybridized carbons (Fsp3) is 0.458. The Kier molecular flexibility index (Phi) is 4.28. The van der Waals surface area contributed by atoms with Crippen molar-refractivity contribution in [3.8, 4) is 0 Å². The molecule has 1 aromatic carbocycles. The van der Waals surface area contributed by atoms with Crippen LogP contribution in [0.5, 0.6) is 0 Å². The van der Waals surface area contributed by atoms with Gasteiger partial charge in [-0.1, -0.05) is 24.3 Å². The molecule has 0 spiro atoms. The highest BCUT2D eigenvalue weighted by Gasteiger charge is 2.34. The second-order valence-corrected chi connectivity index (χ2v) is 8.56. The molecule has 27 heavy (non-hydrogen) atoms. The number of aryl methyl sites for hydroxylation is 1. The molecule has 3 aromatic rings. The number of aliphatic hydroxyl groups is 1. The predicted octanol–water partition coefficient (Wildman–Crippen LogP) is 5.53. The molecule has 3 heteroatoms. The van der Waals surface area contributed by atoms with Crippen LogP contribution in [0, 0.1) is 12.8 Å². The number of benzene rings is 1. The molecule has 0 saturated heterocycles. The first-order chi connectivity index (χ1) is 13.2. The average molecular weight is 361 g/mol. The van der Waals surface area contributed by atoms with E-state index in [1.807, 2.05) is 12.5 Å². The number of hydrogen-bond donors (Lipinski definition) is 1. The fourth-order valence-electron chi connectivity index (χ4n) is 5.13. The van der Waals surface area contributed by atoms with Crippen molar-refractivity contribution in [2.24, 2.45) is 5.92 Å². The van der Waals surface area contributed by atoms with E-state index in [2.05, 4.69) is 52.8 Å². The quantitative estimate of drug-likeness (QED) is 0.664. The van der Waals surface area contributed by atoms with Crippen LogP contribution >= 0.6 is 0 Å². The Bertz CT molecular complexity index is 948. The molecule has 0 radical (unpaired) electrons. The molecule has 140 valence electrons. The summed E-state index contributed by atoms with van der Waals surface area (Å²) in [5.41, 5.74) is 6.50. The van der Waals surface area contributed by atoms with Gasteiger partial charge in [-0.3, -0.25) is 0 Å². The number of fused-ring (bicyclic) bond motifs is 1. The van der Waals surface area contributed by atoms with Gasteiger partial charge in [0.25, 0.3) is 0 Å². The van der Waals surface area contributed by atoms with Crippen LogP contribution in [-0.2, 0) is 0 Å². The van der Waals surface area contributed by atoms with Crippen LogP contribution in [0.15, 0.2) is 49.1 Å². The molecular weight excluding hydrogens is 332 g/mol. The van der Waals surface area contributed by atoms with Gasteiger partial charge < -0.3 is 9.51 Å². The Balaban J connectivity index is 1.39. The van der Waals surface area contributed by atoms with Gasteiger partial charge in [0.15, 0.2) is 0 Å². The van der Waals surface area contributed by atoms with E-state index in [4.69, 9.17) is 0 Å². The van der Waals surface area contributed by atoms with Crippen LogP contribution in [0.4, 0.5) is 0 Å². The van der Waals surface area contributed by atoms with Gasteiger partial charge in [-0.25, -0.2) is 4.98 Å². The number of aromatic nitrogens is 2. The third-order valence-corrected chi connectivity index (χ3v) is 6.83. The topological polar surface area (TPSA) is 37.5 Å². The minimum atomic E-state index is -0.376. The van der Waals surface area contributed by atoms with E-state index in [1.54, 1.807) is 0 Å². The van der Waals surface area contributed by atoms with E-state index in [0.29, 0.717) is 17.8 Å². The number of pyridine rings is 1. The first-order valence-electron chi connectivity index (χ1n) is 10.4. The van der Waals surface area contributed by atoms with E-state index in [0.717, 1.165) is 23.9 Å². The molecule has 1 atom stereocenters. The van der Waals surface area contributed by atoms with Crippen molar-refractivity contribution in [2.75, 3.05) is 0 Å². The standard InChI is InChI=1S/C24H28N2O/c1-16-4-2-3-5-20(16)17-8-10-19(11-9-17)24(27)23-21(18-6-7-18)12-13-26-15-25-14-22(23)26/h2-5,12-15,17-19,24,27H,6-11H2,1H3/t17?,19?,24-/m1/s1. The molecule has 2 aliphatic carbocycles. The lowest BCUT2D eigenvalue weighted by Crippen LogP contribution is -2.21. The van der Waals surface area contributed by atoms with Crippen LogP contribution in [0.3, 0.4) is 0 Å². The first-order valence-corrected chi connectivity index (χ1v) is 10.4. The normalized spacial score (nSPS) is 24.2. The fourth-order valence-corrected chi connectivity index (χ4v) is 5.13. The Morgan fingerprint density at radius 1 is 0.963 bits per heavy atom. The van der Waals surface area contributed by atoms with Gasteiger partial charge in [0.1, 0.15) is 0 Å². The van der Waals surface area contributed by atoms with Crippen molar-refractivity contribution in [3.05, 3.63) is 71.3 Å². The van der Waals surface area contributed by atoms with Crippen LogP contribution in [0.25, 0.3) is 5.52 Å². The lowest BCUT2D eigenvalue weighted by atomic mass is 9.74. The van der Waals surface area contributed by atoms with Crippen LogP contribution in [0.2, 0.25) is 0 Å². The predicted molar refractivity (Wildman–Crippen MR) is 108 cm³/mol. The van der Waals surface area contributed by atoms with Gasteiger partial charge in [0.2, 0.25) is 0 Å². The molecule has 2 fully saturated rings. The Morgan fingerprint density at radius 3 is 2.41 bits per heavy atom. The van der Waals surface area contributed by atoms with Gasteiger partial charge in [-0.15, -0.1) is 0 Å². The Hall–Kier alpha value is -2.13. The number of aliphatic hydroxyl groups excluding tert-OH is 1. The van der Waals surface area contributed by atoms with Crippen molar-refractivity contribution in [1.29, 1.82) is 0 Å². The maximum absolute atomic E-state index is 11.4. The van der Waals surface area contributed by atoms with E-state index < -0.39 is 0 Å².